The molecule has 1 fully saturated rings. The van der Waals surface area contributed by atoms with Crippen LogP contribution < -0.4 is 5.32 Å². The first-order chi connectivity index (χ1) is 15.1. The van der Waals surface area contributed by atoms with Crippen LogP contribution in [0, 0.1) is 25.2 Å². The molecule has 3 rings (SSSR count). The first-order valence-corrected chi connectivity index (χ1v) is 11.4. The molecule has 1 saturated heterocycles. The van der Waals surface area contributed by atoms with Gasteiger partial charge in [0.2, 0.25) is 5.91 Å². The topological polar surface area (TPSA) is 70.3 Å². The van der Waals surface area contributed by atoms with Crippen molar-refractivity contribution in [2.45, 2.75) is 72.1 Å². The molecule has 1 aromatic carbocycles. The molecule has 172 valence electrons. The zero-order chi connectivity index (χ0) is 23.5. The van der Waals surface area contributed by atoms with E-state index in [2.05, 4.69) is 56.4 Å². The normalized spacial score (nSPS) is 16.4. The van der Waals surface area contributed by atoms with Crippen molar-refractivity contribution in [3.63, 3.8) is 0 Å². The minimum Gasteiger partial charge on any atom is -0.376 e. The largest absolute Gasteiger partial charge is 0.376 e. The number of hydrogen-bond acceptors (Lipinski definition) is 4. The Kier molecular flexibility index (Phi) is 7.43. The predicted molar refractivity (Wildman–Crippen MR) is 128 cm³/mol. The van der Waals surface area contributed by atoms with Crippen LogP contribution in [0.2, 0.25) is 0 Å². The summed E-state index contributed by atoms with van der Waals surface area (Å²) in [6.07, 6.45) is 2.18. The number of benzene rings is 1. The number of hydrogen-bond donors (Lipinski definition) is 1. The highest BCUT2D eigenvalue weighted by molar-refractivity contribution is 5.93. The maximum atomic E-state index is 12.9. The van der Waals surface area contributed by atoms with Gasteiger partial charge in [-0.2, -0.15) is 5.26 Å². The number of nitrogens with one attached hydrogen (secondary N) is 1. The Bertz CT molecular complexity index is 987. The number of anilines is 1. The third-order valence-corrected chi connectivity index (χ3v) is 6.30. The Morgan fingerprint density at radius 1 is 1.28 bits per heavy atom. The van der Waals surface area contributed by atoms with Gasteiger partial charge < -0.3 is 14.6 Å². The Labute approximate surface area is 192 Å². The minimum atomic E-state index is -0.124. The molecule has 6 nitrogen and oxygen atoms in total. The molecule has 1 unspecified atom stereocenters. The van der Waals surface area contributed by atoms with Crippen LogP contribution in [-0.4, -0.2) is 41.7 Å². The summed E-state index contributed by atoms with van der Waals surface area (Å²) < 4.78 is 7.82. The smallest absolute Gasteiger partial charge is 0.239 e. The summed E-state index contributed by atoms with van der Waals surface area (Å²) in [7, 11) is 1.93. The fraction of sp³-hybridized carbons (Fsp3) is 0.538. The molecular formula is C26H36N4O2. The lowest BCUT2D eigenvalue weighted by Gasteiger charge is -2.21. The number of ether oxygens (including phenoxy) is 1. The van der Waals surface area contributed by atoms with Crippen LogP contribution in [0.3, 0.4) is 0 Å². The maximum Gasteiger partial charge on any atom is 0.239 e. The summed E-state index contributed by atoms with van der Waals surface area (Å²) >= 11 is 0. The minimum absolute atomic E-state index is 0.123. The Morgan fingerprint density at radius 3 is 2.53 bits per heavy atom. The average molecular weight is 437 g/mol. The quantitative estimate of drug-likeness (QED) is 0.693. The molecule has 1 atom stereocenters. The maximum absolute atomic E-state index is 12.9. The van der Waals surface area contributed by atoms with E-state index in [4.69, 9.17) is 4.74 Å². The first-order valence-electron chi connectivity index (χ1n) is 11.4. The lowest BCUT2D eigenvalue weighted by Crippen LogP contribution is -2.31. The average Bonchev–Trinajstić information content (AvgIpc) is 3.30. The monoisotopic (exact) mass is 436 g/mol. The molecule has 1 amide bonds. The van der Waals surface area contributed by atoms with Crippen molar-refractivity contribution in [2.75, 3.05) is 25.5 Å². The highest BCUT2D eigenvalue weighted by Crippen LogP contribution is 2.28. The fourth-order valence-corrected chi connectivity index (χ4v) is 4.25. The van der Waals surface area contributed by atoms with Crippen LogP contribution in [0.15, 0.2) is 24.3 Å². The van der Waals surface area contributed by atoms with Crippen molar-refractivity contribution in [1.82, 2.24) is 9.47 Å². The van der Waals surface area contributed by atoms with E-state index in [0.717, 1.165) is 30.7 Å². The third kappa shape index (κ3) is 5.59. The summed E-state index contributed by atoms with van der Waals surface area (Å²) in [6.45, 7) is 12.9. The van der Waals surface area contributed by atoms with Gasteiger partial charge in [0.1, 0.15) is 11.9 Å². The second-order valence-corrected chi connectivity index (χ2v) is 9.96. The first kappa shape index (κ1) is 24.0. The molecule has 2 aromatic rings. The van der Waals surface area contributed by atoms with Gasteiger partial charge in [-0.25, -0.2) is 0 Å². The van der Waals surface area contributed by atoms with Gasteiger partial charge in [0.25, 0.3) is 0 Å². The summed E-state index contributed by atoms with van der Waals surface area (Å²) in [5, 5.41) is 12.7. The molecule has 6 heteroatoms. The molecule has 1 aliphatic heterocycles. The highest BCUT2D eigenvalue weighted by Gasteiger charge is 2.24. The summed E-state index contributed by atoms with van der Waals surface area (Å²) in [4.78, 5) is 14.9. The Hall–Kier alpha value is -2.62. The zero-order valence-corrected chi connectivity index (χ0v) is 20.3. The van der Waals surface area contributed by atoms with Crippen LogP contribution in [0.5, 0.6) is 0 Å². The van der Waals surface area contributed by atoms with Gasteiger partial charge in [0.05, 0.1) is 24.8 Å². The summed E-state index contributed by atoms with van der Waals surface area (Å²) in [5.74, 6) is 0.465. The molecule has 1 aliphatic rings. The molecule has 32 heavy (non-hydrogen) atoms. The van der Waals surface area contributed by atoms with Crippen molar-refractivity contribution in [2.24, 2.45) is 0 Å². The van der Waals surface area contributed by atoms with Crippen molar-refractivity contribution in [3.8, 4) is 6.07 Å². The molecule has 0 bridgehead atoms. The standard InChI is InChI=1S/C26H36N4O2/c1-18-19(2)30(16-22-8-7-13-32-22)25(23(18)14-27)28-24(31)17-29(6)15-20-9-11-21(12-10-20)26(3,4)5/h9-12,22H,7-8,13,15-17H2,1-6H3,(H,28,31). The van der Waals surface area contributed by atoms with Gasteiger partial charge >= 0.3 is 0 Å². The van der Waals surface area contributed by atoms with Crippen LogP contribution in [0.1, 0.15) is 61.6 Å². The van der Waals surface area contributed by atoms with E-state index in [1.807, 2.05) is 30.4 Å². The molecule has 1 N–H and O–H groups in total. The Balaban J connectivity index is 1.67. The molecule has 0 spiro atoms. The molecule has 0 radical (unpaired) electrons. The lowest BCUT2D eigenvalue weighted by molar-refractivity contribution is -0.117. The van der Waals surface area contributed by atoms with Crippen molar-refractivity contribution >= 4 is 11.7 Å². The Morgan fingerprint density at radius 2 is 1.97 bits per heavy atom. The summed E-state index contributed by atoms with van der Waals surface area (Å²) in [6, 6.07) is 10.8. The fourth-order valence-electron chi connectivity index (χ4n) is 4.25. The molecule has 0 aliphatic carbocycles. The molecule has 0 saturated carbocycles. The molecule has 1 aromatic heterocycles. The number of amides is 1. The van der Waals surface area contributed by atoms with E-state index >= 15 is 0 Å². The number of nitriles is 1. The summed E-state index contributed by atoms with van der Waals surface area (Å²) in [5.41, 5.74) is 5.03. The van der Waals surface area contributed by atoms with Crippen LogP contribution in [0.25, 0.3) is 0 Å². The zero-order valence-electron chi connectivity index (χ0n) is 20.3. The highest BCUT2D eigenvalue weighted by atomic mass is 16.5. The number of carbonyl (C=O) groups is 1. The van der Waals surface area contributed by atoms with Crippen molar-refractivity contribution in [1.29, 1.82) is 5.26 Å². The van der Waals surface area contributed by atoms with E-state index in [1.165, 1.54) is 11.1 Å². The van der Waals surface area contributed by atoms with Gasteiger partial charge in [-0.1, -0.05) is 45.0 Å². The van der Waals surface area contributed by atoms with Crippen molar-refractivity contribution < 1.29 is 9.53 Å². The lowest BCUT2D eigenvalue weighted by atomic mass is 9.87. The number of rotatable bonds is 7. The van der Waals surface area contributed by atoms with Crippen LogP contribution in [-0.2, 0) is 28.0 Å². The number of nitrogens with zero attached hydrogens (tertiary/aromatic N) is 3. The van der Waals surface area contributed by atoms with Gasteiger partial charge in [-0.15, -0.1) is 0 Å². The number of likely N-dealkylation sites (N-methyl/N-ethyl adjacent to an activating group) is 1. The third-order valence-electron chi connectivity index (χ3n) is 6.30. The van der Waals surface area contributed by atoms with Gasteiger partial charge in [0.15, 0.2) is 0 Å². The second-order valence-electron chi connectivity index (χ2n) is 9.96. The van der Waals surface area contributed by atoms with Crippen LogP contribution >= 0.6 is 0 Å². The second kappa shape index (κ2) is 9.89. The number of carbonyl (C=O) groups excluding carboxylic acids is 1. The van der Waals surface area contributed by atoms with E-state index in [9.17, 15) is 10.1 Å². The molecule has 2 heterocycles. The van der Waals surface area contributed by atoms with E-state index in [0.29, 0.717) is 24.5 Å². The van der Waals surface area contributed by atoms with E-state index in [-0.39, 0.29) is 24.0 Å². The van der Waals surface area contributed by atoms with E-state index < -0.39 is 0 Å². The van der Waals surface area contributed by atoms with E-state index in [1.54, 1.807) is 0 Å². The number of aromatic nitrogens is 1. The van der Waals surface area contributed by atoms with Gasteiger partial charge in [-0.3, -0.25) is 9.69 Å². The predicted octanol–water partition coefficient (Wildman–Crippen LogP) is 4.52. The van der Waals surface area contributed by atoms with Crippen LogP contribution in [0.4, 0.5) is 5.82 Å². The van der Waals surface area contributed by atoms with Gasteiger partial charge in [-0.05, 0) is 55.8 Å². The van der Waals surface area contributed by atoms with Gasteiger partial charge in [0, 0.05) is 18.8 Å². The molecular weight excluding hydrogens is 400 g/mol. The van der Waals surface area contributed by atoms with Crippen molar-refractivity contribution in [3.05, 3.63) is 52.2 Å². The SMILES string of the molecule is Cc1c(C#N)c(NC(=O)CN(C)Cc2ccc(C(C)(C)C)cc2)n(CC2CCCO2)c1C.